The van der Waals surface area contributed by atoms with Gasteiger partial charge in [-0.15, -0.1) is 0 Å². The van der Waals surface area contributed by atoms with Crippen molar-refractivity contribution >= 4 is 17.4 Å². The summed E-state index contributed by atoms with van der Waals surface area (Å²) in [4.78, 5) is 16.2. The van der Waals surface area contributed by atoms with E-state index in [0.717, 1.165) is 5.56 Å². The molecule has 5 heteroatoms. The Labute approximate surface area is 106 Å². The Morgan fingerprint density at radius 2 is 2.28 bits per heavy atom. The van der Waals surface area contributed by atoms with Crippen LogP contribution in [0.5, 0.6) is 0 Å². The van der Waals surface area contributed by atoms with Crippen molar-refractivity contribution in [3.8, 4) is 0 Å². The Balaban J connectivity index is 2.21. The molecule has 3 N–H and O–H groups in total. The molecule has 0 aliphatic carbocycles. The molecule has 0 fully saturated rings. The Morgan fingerprint density at radius 3 is 2.94 bits per heavy atom. The van der Waals surface area contributed by atoms with E-state index in [-0.39, 0.29) is 5.91 Å². The Hall–Kier alpha value is -2.30. The standard InChI is InChI=1S/C13H16N4O/c1-3-17-8-10(14)7-11(17)13(18)16-12-6-9(2)4-5-15-12/h4-8H,3,14H2,1-2H3,(H,15,16,18). The lowest BCUT2D eigenvalue weighted by Crippen LogP contribution is -2.17. The summed E-state index contributed by atoms with van der Waals surface area (Å²) in [5, 5.41) is 2.76. The predicted molar refractivity (Wildman–Crippen MR) is 71.4 cm³/mol. The molecule has 0 unspecified atom stereocenters. The molecular formula is C13H16N4O. The van der Waals surface area contributed by atoms with E-state index >= 15 is 0 Å². The minimum Gasteiger partial charge on any atom is -0.397 e. The van der Waals surface area contributed by atoms with Gasteiger partial charge in [-0.05, 0) is 37.6 Å². The number of carbonyl (C=O) groups excluding carboxylic acids is 1. The number of nitrogens with zero attached hydrogens (tertiary/aromatic N) is 2. The van der Waals surface area contributed by atoms with E-state index in [1.54, 1.807) is 23.0 Å². The highest BCUT2D eigenvalue weighted by Gasteiger charge is 2.12. The first-order valence-corrected chi connectivity index (χ1v) is 5.80. The quantitative estimate of drug-likeness (QED) is 0.867. The molecule has 18 heavy (non-hydrogen) atoms. The zero-order valence-corrected chi connectivity index (χ0v) is 10.5. The van der Waals surface area contributed by atoms with Crippen LogP contribution in [0.4, 0.5) is 11.5 Å². The smallest absolute Gasteiger partial charge is 0.273 e. The van der Waals surface area contributed by atoms with E-state index in [2.05, 4.69) is 10.3 Å². The van der Waals surface area contributed by atoms with Gasteiger partial charge in [0.15, 0.2) is 0 Å². The fourth-order valence-electron chi connectivity index (χ4n) is 1.77. The van der Waals surface area contributed by atoms with Crippen LogP contribution >= 0.6 is 0 Å². The number of carbonyl (C=O) groups is 1. The van der Waals surface area contributed by atoms with Crippen molar-refractivity contribution in [3.63, 3.8) is 0 Å². The number of amides is 1. The normalized spacial score (nSPS) is 10.3. The van der Waals surface area contributed by atoms with E-state index in [0.29, 0.717) is 23.7 Å². The predicted octanol–water partition coefficient (Wildman–Crippen LogP) is 2.05. The first-order chi connectivity index (χ1) is 8.60. The molecule has 2 rings (SSSR count). The number of rotatable bonds is 3. The largest absolute Gasteiger partial charge is 0.397 e. The van der Waals surface area contributed by atoms with Crippen molar-refractivity contribution in [1.82, 2.24) is 9.55 Å². The average Bonchev–Trinajstić information content (AvgIpc) is 2.70. The van der Waals surface area contributed by atoms with E-state index in [9.17, 15) is 4.79 Å². The summed E-state index contributed by atoms with van der Waals surface area (Å²) in [5.74, 6) is 0.342. The third kappa shape index (κ3) is 2.51. The third-order valence-corrected chi connectivity index (χ3v) is 2.65. The molecule has 1 amide bonds. The maximum atomic E-state index is 12.1. The number of aryl methyl sites for hydroxylation is 2. The van der Waals surface area contributed by atoms with Crippen molar-refractivity contribution < 1.29 is 4.79 Å². The van der Waals surface area contributed by atoms with Crippen LogP contribution in [0.1, 0.15) is 23.0 Å². The first-order valence-electron chi connectivity index (χ1n) is 5.80. The molecule has 0 aliphatic rings. The lowest BCUT2D eigenvalue weighted by molar-refractivity contribution is 0.101. The van der Waals surface area contributed by atoms with Gasteiger partial charge in [0.1, 0.15) is 11.5 Å². The SMILES string of the molecule is CCn1cc(N)cc1C(=O)Nc1cc(C)ccn1. The number of nitrogens with two attached hydrogens (primary N) is 1. The van der Waals surface area contributed by atoms with Gasteiger partial charge in [-0.25, -0.2) is 4.98 Å². The molecule has 0 aromatic carbocycles. The second-order valence-corrected chi connectivity index (χ2v) is 4.12. The number of anilines is 2. The van der Waals surface area contributed by atoms with Crippen molar-refractivity contribution in [2.24, 2.45) is 0 Å². The molecule has 0 saturated heterocycles. The summed E-state index contributed by atoms with van der Waals surface area (Å²) < 4.78 is 1.81. The van der Waals surface area contributed by atoms with Gasteiger partial charge in [-0.2, -0.15) is 0 Å². The number of aromatic nitrogens is 2. The molecule has 0 bridgehead atoms. The van der Waals surface area contributed by atoms with Crippen LogP contribution in [0.2, 0.25) is 0 Å². The van der Waals surface area contributed by atoms with Crippen LogP contribution in [0.3, 0.4) is 0 Å². The van der Waals surface area contributed by atoms with Gasteiger partial charge in [0.05, 0.1) is 5.69 Å². The highest BCUT2D eigenvalue weighted by Crippen LogP contribution is 2.13. The molecule has 2 aromatic rings. The van der Waals surface area contributed by atoms with Crippen LogP contribution < -0.4 is 11.1 Å². The summed E-state index contributed by atoms with van der Waals surface area (Å²) in [5.41, 5.74) is 7.86. The van der Waals surface area contributed by atoms with E-state index in [1.807, 2.05) is 26.0 Å². The Kier molecular flexibility index (Phi) is 3.32. The van der Waals surface area contributed by atoms with Gasteiger partial charge in [-0.3, -0.25) is 4.79 Å². The van der Waals surface area contributed by atoms with Crippen LogP contribution in [-0.4, -0.2) is 15.5 Å². The second-order valence-electron chi connectivity index (χ2n) is 4.12. The first kappa shape index (κ1) is 12.2. The molecule has 94 valence electrons. The maximum absolute atomic E-state index is 12.1. The molecule has 5 nitrogen and oxygen atoms in total. The van der Waals surface area contributed by atoms with Crippen LogP contribution in [0, 0.1) is 6.92 Å². The summed E-state index contributed by atoms with van der Waals surface area (Å²) in [6.45, 7) is 4.60. The Morgan fingerprint density at radius 1 is 1.50 bits per heavy atom. The van der Waals surface area contributed by atoms with Gasteiger partial charge >= 0.3 is 0 Å². The number of nitrogen functional groups attached to an aromatic ring is 1. The highest BCUT2D eigenvalue weighted by atomic mass is 16.2. The summed E-state index contributed by atoms with van der Waals surface area (Å²) in [6, 6.07) is 5.36. The number of pyridine rings is 1. The molecule has 0 spiro atoms. The van der Waals surface area contributed by atoms with Gasteiger partial charge in [-0.1, -0.05) is 0 Å². The minimum absolute atomic E-state index is 0.202. The second kappa shape index (κ2) is 4.91. The van der Waals surface area contributed by atoms with Crippen LogP contribution in [0.15, 0.2) is 30.6 Å². The van der Waals surface area contributed by atoms with Crippen LogP contribution in [0.25, 0.3) is 0 Å². The fourth-order valence-corrected chi connectivity index (χ4v) is 1.77. The summed E-state index contributed by atoms with van der Waals surface area (Å²) >= 11 is 0. The number of hydrogen-bond acceptors (Lipinski definition) is 3. The lowest BCUT2D eigenvalue weighted by atomic mass is 10.3. The monoisotopic (exact) mass is 244 g/mol. The minimum atomic E-state index is -0.202. The van der Waals surface area contributed by atoms with Crippen molar-refractivity contribution in [2.45, 2.75) is 20.4 Å². The van der Waals surface area contributed by atoms with Crippen molar-refractivity contribution in [1.29, 1.82) is 0 Å². The summed E-state index contributed by atoms with van der Waals surface area (Å²) in [6.07, 6.45) is 3.41. The van der Waals surface area contributed by atoms with Gasteiger partial charge in [0.2, 0.25) is 0 Å². The van der Waals surface area contributed by atoms with Gasteiger partial charge in [0, 0.05) is 18.9 Å². The molecular weight excluding hydrogens is 228 g/mol. The zero-order chi connectivity index (χ0) is 13.1. The zero-order valence-electron chi connectivity index (χ0n) is 10.5. The molecule has 0 aliphatic heterocycles. The molecule has 2 aromatic heterocycles. The average molecular weight is 244 g/mol. The lowest BCUT2D eigenvalue weighted by Gasteiger charge is -2.07. The van der Waals surface area contributed by atoms with Crippen molar-refractivity contribution in [3.05, 3.63) is 41.9 Å². The van der Waals surface area contributed by atoms with Gasteiger partial charge in [0.25, 0.3) is 5.91 Å². The summed E-state index contributed by atoms with van der Waals surface area (Å²) in [7, 11) is 0. The number of hydrogen-bond donors (Lipinski definition) is 2. The van der Waals surface area contributed by atoms with Crippen LogP contribution in [-0.2, 0) is 6.54 Å². The molecule has 2 heterocycles. The molecule has 0 saturated carbocycles. The van der Waals surface area contributed by atoms with E-state index in [1.165, 1.54) is 0 Å². The van der Waals surface area contributed by atoms with Crippen molar-refractivity contribution in [2.75, 3.05) is 11.1 Å². The van der Waals surface area contributed by atoms with E-state index < -0.39 is 0 Å². The molecule has 0 atom stereocenters. The maximum Gasteiger partial charge on any atom is 0.273 e. The molecule has 0 radical (unpaired) electrons. The third-order valence-electron chi connectivity index (χ3n) is 2.65. The Bertz CT molecular complexity index is 574. The number of nitrogens with one attached hydrogen (secondary N) is 1. The van der Waals surface area contributed by atoms with Gasteiger partial charge < -0.3 is 15.6 Å². The highest BCUT2D eigenvalue weighted by molar-refractivity contribution is 6.03. The fraction of sp³-hybridized carbons (Fsp3) is 0.231. The van der Waals surface area contributed by atoms with E-state index in [4.69, 9.17) is 5.73 Å². The topological polar surface area (TPSA) is 72.9 Å².